The van der Waals surface area contributed by atoms with Gasteiger partial charge in [0.25, 0.3) is 0 Å². The maximum absolute atomic E-state index is 12.8. The third kappa shape index (κ3) is 2.52. The lowest BCUT2D eigenvalue weighted by molar-refractivity contribution is -0.137. The van der Waals surface area contributed by atoms with Gasteiger partial charge in [0.1, 0.15) is 0 Å². The Kier molecular flexibility index (Phi) is 3.29. The molecule has 5 heteroatoms. The van der Waals surface area contributed by atoms with E-state index < -0.39 is 11.7 Å². The Morgan fingerprint density at radius 3 is 1.60 bits per heavy atom. The van der Waals surface area contributed by atoms with Crippen LogP contribution in [0.25, 0.3) is 11.1 Å². The maximum Gasteiger partial charge on any atom is 0.416 e. The summed E-state index contributed by atoms with van der Waals surface area (Å²) in [5.74, 6) is -0.181. The predicted molar refractivity (Wildman–Crippen MR) is 93.1 cm³/mol. The van der Waals surface area contributed by atoms with Gasteiger partial charge < -0.3 is 11.5 Å². The minimum absolute atomic E-state index is 0.181. The van der Waals surface area contributed by atoms with Crippen LogP contribution in [-0.4, -0.2) is 0 Å². The van der Waals surface area contributed by atoms with Crippen LogP contribution in [0.3, 0.4) is 0 Å². The van der Waals surface area contributed by atoms with Crippen LogP contribution < -0.4 is 11.5 Å². The molecule has 126 valence electrons. The second-order valence-corrected chi connectivity index (χ2v) is 6.25. The fraction of sp³-hybridized carbons (Fsp3) is 0.100. The number of benzene rings is 3. The molecular formula is C20H15F3N2. The van der Waals surface area contributed by atoms with Gasteiger partial charge in [-0.25, -0.2) is 0 Å². The normalized spacial score (nSPS) is 13.6. The number of rotatable bonds is 1. The van der Waals surface area contributed by atoms with E-state index in [-0.39, 0.29) is 5.92 Å². The van der Waals surface area contributed by atoms with E-state index in [2.05, 4.69) is 0 Å². The highest BCUT2D eigenvalue weighted by atomic mass is 19.4. The first-order valence-electron chi connectivity index (χ1n) is 7.81. The van der Waals surface area contributed by atoms with Crippen LogP contribution in [0.5, 0.6) is 0 Å². The van der Waals surface area contributed by atoms with Crippen molar-refractivity contribution in [2.45, 2.75) is 12.1 Å². The number of hydrogen-bond donors (Lipinski definition) is 2. The summed E-state index contributed by atoms with van der Waals surface area (Å²) in [6.07, 6.45) is -4.35. The van der Waals surface area contributed by atoms with Crippen LogP contribution in [0.15, 0.2) is 60.7 Å². The van der Waals surface area contributed by atoms with Gasteiger partial charge in [-0.1, -0.05) is 24.3 Å². The molecule has 1 aliphatic carbocycles. The Labute approximate surface area is 142 Å². The van der Waals surface area contributed by atoms with Crippen molar-refractivity contribution in [1.82, 2.24) is 0 Å². The summed E-state index contributed by atoms with van der Waals surface area (Å²) in [7, 11) is 0. The number of nitrogen functional groups attached to an aromatic ring is 2. The zero-order chi connectivity index (χ0) is 17.8. The van der Waals surface area contributed by atoms with E-state index in [0.717, 1.165) is 39.9 Å². The second-order valence-electron chi connectivity index (χ2n) is 6.25. The fourth-order valence-corrected chi connectivity index (χ4v) is 3.52. The topological polar surface area (TPSA) is 52.0 Å². The molecule has 1 aliphatic rings. The maximum atomic E-state index is 12.8. The molecule has 0 saturated carbocycles. The van der Waals surface area contributed by atoms with Crippen LogP contribution >= 0.6 is 0 Å². The van der Waals surface area contributed by atoms with Crippen LogP contribution in [0.1, 0.15) is 28.2 Å². The summed E-state index contributed by atoms with van der Waals surface area (Å²) in [5.41, 5.74) is 17.3. The van der Waals surface area contributed by atoms with E-state index in [0.29, 0.717) is 11.4 Å². The zero-order valence-electron chi connectivity index (χ0n) is 13.1. The van der Waals surface area contributed by atoms with Crippen molar-refractivity contribution in [3.8, 4) is 11.1 Å². The number of anilines is 2. The number of hydrogen-bond acceptors (Lipinski definition) is 2. The molecule has 0 amide bonds. The average Bonchev–Trinajstić information content (AvgIpc) is 2.86. The fourth-order valence-electron chi connectivity index (χ4n) is 3.52. The van der Waals surface area contributed by atoms with Gasteiger partial charge in [0.2, 0.25) is 0 Å². The number of halogens is 3. The molecule has 4 rings (SSSR count). The van der Waals surface area contributed by atoms with E-state index in [1.165, 1.54) is 12.1 Å². The molecule has 0 fully saturated rings. The van der Waals surface area contributed by atoms with Gasteiger partial charge in [-0.3, -0.25) is 0 Å². The molecule has 3 aromatic carbocycles. The van der Waals surface area contributed by atoms with Gasteiger partial charge in [0.05, 0.1) is 5.56 Å². The Balaban J connectivity index is 1.90. The molecule has 0 aromatic heterocycles. The summed E-state index contributed by atoms with van der Waals surface area (Å²) >= 11 is 0. The summed E-state index contributed by atoms with van der Waals surface area (Å²) in [6.45, 7) is 0. The van der Waals surface area contributed by atoms with E-state index >= 15 is 0 Å². The average molecular weight is 340 g/mol. The largest absolute Gasteiger partial charge is 0.416 e. The summed E-state index contributed by atoms with van der Waals surface area (Å²) in [5, 5.41) is 0. The molecule has 0 radical (unpaired) electrons. The Hall–Kier alpha value is -2.95. The molecule has 0 saturated heterocycles. The monoisotopic (exact) mass is 340 g/mol. The Morgan fingerprint density at radius 2 is 1.16 bits per heavy atom. The lowest BCUT2D eigenvalue weighted by Gasteiger charge is -2.16. The minimum atomic E-state index is -4.35. The van der Waals surface area contributed by atoms with Gasteiger partial charge in [-0.05, 0) is 64.2 Å². The molecule has 0 heterocycles. The molecule has 0 spiro atoms. The number of alkyl halides is 3. The Morgan fingerprint density at radius 1 is 0.680 bits per heavy atom. The minimum Gasteiger partial charge on any atom is -0.399 e. The van der Waals surface area contributed by atoms with E-state index in [9.17, 15) is 13.2 Å². The summed E-state index contributed by atoms with van der Waals surface area (Å²) in [6, 6.07) is 16.6. The number of fused-ring (bicyclic) bond motifs is 3. The van der Waals surface area contributed by atoms with Crippen LogP contribution in [0, 0.1) is 0 Å². The van der Waals surface area contributed by atoms with Gasteiger partial charge in [-0.2, -0.15) is 13.2 Å². The second kappa shape index (κ2) is 5.28. The first-order valence-corrected chi connectivity index (χ1v) is 7.81. The van der Waals surface area contributed by atoms with Gasteiger partial charge in [0.15, 0.2) is 0 Å². The van der Waals surface area contributed by atoms with Crippen molar-refractivity contribution < 1.29 is 13.2 Å². The van der Waals surface area contributed by atoms with Crippen molar-refractivity contribution in [3.05, 3.63) is 82.9 Å². The van der Waals surface area contributed by atoms with Crippen molar-refractivity contribution in [3.63, 3.8) is 0 Å². The molecule has 25 heavy (non-hydrogen) atoms. The van der Waals surface area contributed by atoms with Gasteiger partial charge in [0, 0.05) is 17.3 Å². The van der Waals surface area contributed by atoms with Crippen LogP contribution in [-0.2, 0) is 6.18 Å². The molecule has 0 aliphatic heterocycles. The van der Waals surface area contributed by atoms with Gasteiger partial charge in [-0.15, -0.1) is 0 Å². The summed E-state index contributed by atoms with van der Waals surface area (Å²) < 4.78 is 38.5. The molecule has 0 unspecified atom stereocenters. The Bertz CT molecular complexity index is 908. The van der Waals surface area contributed by atoms with Crippen LogP contribution in [0.2, 0.25) is 0 Å². The van der Waals surface area contributed by atoms with Crippen molar-refractivity contribution in [1.29, 1.82) is 0 Å². The van der Waals surface area contributed by atoms with Crippen molar-refractivity contribution >= 4 is 11.4 Å². The first kappa shape index (κ1) is 15.6. The summed E-state index contributed by atoms with van der Waals surface area (Å²) in [4.78, 5) is 0. The van der Waals surface area contributed by atoms with E-state index in [1.54, 1.807) is 0 Å². The SMILES string of the molecule is Nc1ccc2c(c1)C(c1ccc(C(F)(F)F)cc1)c1cc(N)ccc1-2. The van der Waals surface area contributed by atoms with Gasteiger partial charge >= 0.3 is 6.18 Å². The standard InChI is InChI=1S/C20H15F3N2/c21-20(22,23)12-3-1-11(2-4-12)19-17-9-13(24)5-7-15(17)16-8-6-14(25)10-18(16)19/h1-10,19H,24-25H2. The van der Waals surface area contributed by atoms with E-state index in [1.807, 2.05) is 36.4 Å². The molecule has 2 nitrogen and oxygen atoms in total. The van der Waals surface area contributed by atoms with E-state index in [4.69, 9.17) is 11.5 Å². The zero-order valence-corrected chi connectivity index (χ0v) is 13.1. The molecule has 4 N–H and O–H groups in total. The molecular weight excluding hydrogens is 325 g/mol. The molecule has 0 bridgehead atoms. The smallest absolute Gasteiger partial charge is 0.399 e. The van der Waals surface area contributed by atoms with Crippen molar-refractivity contribution in [2.24, 2.45) is 0 Å². The predicted octanol–water partition coefficient (Wildman–Crippen LogP) is 5.03. The third-order valence-corrected chi connectivity index (χ3v) is 4.63. The molecule has 0 atom stereocenters. The quantitative estimate of drug-likeness (QED) is 0.478. The number of nitrogens with two attached hydrogens (primary N) is 2. The highest BCUT2D eigenvalue weighted by Crippen LogP contribution is 2.49. The first-order chi connectivity index (χ1) is 11.8. The lowest BCUT2D eigenvalue weighted by Crippen LogP contribution is -2.06. The van der Waals surface area contributed by atoms with Crippen molar-refractivity contribution in [2.75, 3.05) is 11.5 Å². The highest BCUT2D eigenvalue weighted by molar-refractivity contribution is 5.83. The lowest BCUT2D eigenvalue weighted by atomic mass is 9.88. The molecule has 3 aromatic rings. The third-order valence-electron chi connectivity index (χ3n) is 4.63. The highest BCUT2D eigenvalue weighted by Gasteiger charge is 2.33. The van der Waals surface area contributed by atoms with Crippen LogP contribution in [0.4, 0.5) is 24.5 Å².